The molecule has 0 aliphatic rings. The Bertz CT molecular complexity index is 767. The summed E-state index contributed by atoms with van der Waals surface area (Å²) in [5.74, 6) is 1.11. The number of furan rings is 1. The van der Waals surface area contributed by atoms with E-state index in [9.17, 15) is 9.59 Å². The third-order valence-electron chi connectivity index (χ3n) is 3.95. The monoisotopic (exact) mass is 361 g/mol. The van der Waals surface area contributed by atoms with Gasteiger partial charge in [0.1, 0.15) is 5.76 Å². The normalized spacial score (nSPS) is 11.5. The van der Waals surface area contributed by atoms with Gasteiger partial charge in [-0.15, -0.1) is 0 Å². The van der Waals surface area contributed by atoms with Gasteiger partial charge in [0.25, 0.3) is 5.91 Å². The zero-order valence-corrected chi connectivity index (χ0v) is 15.3. The number of aryl methyl sites for hydroxylation is 1. The van der Waals surface area contributed by atoms with Crippen LogP contribution < -0.4 is 14.8 Å². The molecule has 1 N–H and O–H groups in total. The highest BCUT2D eigenvalue weighted by atomic mass is 16.5. The standard InChI is InChI=1S/C19H23NO6/c1-5-13-7-9-16(26-13)19(22)20-14(11-18(21)25-4)12-6-8-15(23-2)17(10-12)24-3/h6-10,14H,5,11H2,1-4H3,(H,20,22). The molecule has 0 saturated heterocycles. The van der Waals surface area contributed by atoms with Crippen LogP contribution in [0.2, 0.25) is 0 Å². The summed E-state index contributed by atoms with van der Waals surface area (Å²) >= 11 is 0. The number of amides is 1. The predicted octanol–water partition coefficient (Wildman–Crippen LogP) is 2.89. The van der Waals surface area contributed by atoms with Crippen LogP contribution in [0, 0.1) is 0 Å². The predicted molar refractivity (Wildman–Crippen MR) is 94.5 cm³/mol. The van der Waals surface area contributed by atoms with E-state index in [0.717, 1.165) is 0 Å². The molecule has 0 spiro atoms. The lowest BCUT2D eigenvalue weighted by Gasteiger charge is -2.19. The Hall–Kier alpha value is -2.96. The average molecular weight is 361 g/mol. The van der Waals surface area contributed by atoms with E-state index >= 15 is 0 Å². The smallest absolute Gasteiger partial charge is 0.307 e. The highest BCUT2D eigenvalue weighted by molar-refractivity contribution is 5.92. The van der Waals surface area contributed by atoms with Gasteiger partial charge in [0, 0.05) is 6.42 Å². The Kier molecular flexibility index (Phi) is 6.66. The fourth-order valence-electron chi connectivity index (χ4n) is 2.49. The van der Waals surface area contributed by atoms with Crippen LogP contribution in [0.3, 0.4) is 0 Å². The quantitative estimate of drug-likeness (QED) is 0.728. The minimum Gasteiger partial charge on any atom is -0.493 e. The Labute approximate surface area is 152 Å². The lowest BCUT2D eigenvalue weighted by Crippen LogP contribution is -2.30. The van der Waals surface area contributed by atoms with Crippen LogP contribution in [0.25, 0.3) is 0 Å². The molecule has 2 aromatic rings. The van der Waals surface area contributed by atoms with E-state index in [2.05, 4.69) is 5.32 Å². The van der Waals surface area contributed by atoms with Crippen molar-refractivity contribution < 1.29 is 28.2 Å². The fraction of sp³-hybridized carbons (Fsp3) is 0.368. The molecule has 1 unspecified atom stereocenters. The van der Waals surface area contributed by atoms with Crippen molar-refractivity contribution in [2.45, 2.75) is 25.8 Å². The van der Waals surface area contributed by atoms with E-state index in [1.165, 1.54) is 21.3 Å². The summed E-state index contributed by atoms with van der Waals surface area (Å²) in [6.07, 6.45) is 0.660. The summed E-state index contributed by atoms with van der Waals surface area (Å²) in [6, 6.07) is 7.94. The second-order valence-corrected chi connectivity index (χ2v) is 5.54. The molecule has 1 heterocycles. The number of hydrogen-bond donors (Lipinski definition) is 1. The van der Waals surface area contributed by atoms with Crippen molar-refractivity contribution in [2.75, 3.05) is 21.3 Å². The first-order valence-corrected chi connectivity index (χ1v) is 8.20. The van der Waals surface area contributed by atoms with E-state index in [4.69, 9.17) is 18.6 Å². The number of ether oxygens (including phenoxy) is 3. The zero-order valence-electron chi connectivity index (χ0n) is 15.3. The topological polar surface area (TPSA) is 87.0 Å². The van der Waals surface area contributed by atoms with Crippen molar-refractivity contribution in [3.8, 4) is 11.5 Å². The number of carbonyl (C=O) groups is 2. The minimum absolute atomic E-state index is 0.0287. The minimum atomic E-state index is -0.607. The van der Waals surface area contributed by atoms with Gasteiger partial charge in [-0.1, -0.05) is 13.0 Å². The average Bonchev–Trinajstić information content (AvgIpc) is 3.16. The number of hydrogen-bond acceptors (Lipinski definition) is 6. The number of methoxy groups -OCH3 is 3. The lowest BCUT2D eigenvalue weighted by atomic mass is 10.0. The number of rotatable bonds is 8. The molecular formula is C19H23NO6. The Morgan fingerprint density at radius 1 is 1.08 bits per heavy atom. The third-order valence-corrected chi connectivity index (χ3v) is 3.95. The van der Waals surface area contributed by atoms with Crippen molar-refractivity contribution in [2.24, 2.45) is 0 Å². The van der Waals surface area contributed by atoms with Crippen LogP contribution in [0.4, 0.5) is 0 Å². The van der Waals surface area contributed by atoms with Crippen LogP contribution in [-0.4, -0.2) is 33.2 Å². The van der Waals surface area contributed by atoms with E-state index in [-0.39, 0.29) is 12.2 Å². The van der Waals surface area contributed by atoms with Gasteiger partial charge >= 0.3 is 5.97 Å². The molecule has 0 fully saturated rings. The molecule has 140 valence electrons. The fourth-order valence-corrected chi connectivity index (χ4v) is 2.49. The first-order valence-electron chi connectivity index (χ1n) is 8.20. The lowest BCUT2D eigenvalue weighted by molar-refractivity contribution is -0.141. The molecule has 0 aliphatic heterocycles. The largest absolute Gasteiger partial charge is 0.493 e. The molecule has 0 radical (unpaired) electrons. The van der Waals surface area contributed by atoms with Crippen molar-refractivity contribution in [3.63, 3.8) is 0 Å². The summed E-state index contributed by atoms with van der Waals surface area (Å²) < 4.78 is 20.7. The first-order chi connectivity index (χ1) is 12.5. The first kappa shape index (κ1) is 19.4. The van der Waals surface area contributed by atoms with Crippen LogP contribution >= 0.6 is 0 Å². The third kappa shape index (κ3) is 4.56. The van der Waals surface area contributed by atoms with Crippen LogP contribution in [0.5, 0.6) is 11.5 Å². The molecule has 0 aliphatic carbocycles. The molecule has 0 saturated carbocycles. The molecule has 1 amide bonds. The van der Waals surface area contributed by atoms with Gasteiger partial charge in [-0.2, -0.15) is 0 Å². The second kappa shape index (κ2) is 8.94. The van der Waals surface area contributed by atoms with Gasteiger partial charge in [-0.05, 0) is 29.8 Å². The zero-order chi connectivity index (χ0) is 19.1. The number of nitrogens with one attached hydrogen (secondary N) is 1. The van der Waals surface area contributed by atoms with Crippen LogP contribution in [0.15, 0.2) is 34.7 Å². The van der Waals surface area contributed by atoms with E-state index in [1.807, 2.05) is 6.92 Å². The highest BCUT2D eigenvalue weighted by Gasteiger charge is 2.22. The van der Waals surface area contributed by atoms with Gasteiger partial charge in [0.15, 0.2) is 17.3 Å². The van der Waals surface area contributed by atoms with Gasteiger partial charge in [-0.25, -0.2) is 0 Å². The van der Waals surface area contributed by atoms with E-state index in [0.29, 0.717) is 29.2 Å². The summed E-state index contributed by atoms with van der Waals surface area (Å²) in [5.41, 5.74) is 0.684. The van der Waals surface area contributed by atoms with Crippen LogP contribution in [-0.2, 0) is 16.0 Å². The van der Waals surface area contributed by atoms with Crippen molar-refractivity contribution in [1.82, 2.24) is 5.32 Å². The molecule has 1 atom stereocenters. The Balaban J connectivity index is 2.28. The molecule has 26 heavy (non-hydrogen) atoms. The molecule has 1 aromatic carbocycles. The van der Waals surface area contributed by atoms with E-state index in [1.54, 1.807) is 30.3 Å². The molecule has 7 heteroatoms. The summed E-state index contributed by atoms with van der Waals surface area (Å²) in [7, 11) is 4.36. The van der Waals surface area contributed by atoms with Crippen molar-refractivity contribution >= 4 is 11.9 Å². The maximum Gasteiger partial charge on any atom is 0.307 e. The SMILES string of the molecule is CCc1ccc(C(=O)NC(CC(=O)OC)c2ccc(OC)c(OC)c2)o1. The second-order valence-electron chi connectivity index (χ2n) is 5.54. The van der Waals surface area contributed by atoms with Crippen molar-refractivity contribution in [1.29, 1.82) is 0 Å². The Morgan fingerprint density at radius 2 is 1.81 bits per heavy atom. The molecular weight excluding hydrogens is 338 g/mol. The number of benzene rings is 1. The van der Waals surface area contributed by atoms with E-state index < -0.39 is 17.9 Å². The van der Waals surface area contributed by atoms with Gasteiger partial charge in [-0.3, -0.25) is 9.59 Å². The van der Waals surface area contributed by atoms with Crippen molar-refractivity contribution in [3.05, 3.63) is 47.4 Å². The molecule has 7 nitrogen and oxygen atoms in total. The summed E-state index contributed by atoms with van der Waals surface area (Å²) in [6.45, 7) is 1.93. The maximum absolute atomic E-state index is 12.5. The highest BCUT2D eigenvalue weighted by Crippen LogP contribution is 2.31. The van der Waals surface area contributed by atoms with Gasteiger partial charge in [0.05, 0.1) is 33.8 Å². The Morgan fingerprint density at radius 3 is 2.38 bits per heavy atom. The summed E-state index contributed by atoms with van der Waals surface area (Å²) in [4.78, 5) is 24.3. The van der Waals surface area contributed by atoms with Crippen LogP contribution in [0.1, 0.15) is 41.3 Å². The summed E-state index contributed by atoms with van der Waals surface area (Å²) in [5, 5.41) is 2.81. The van der Waals surface area contributed by atoms with Gasteiger partial charge in [0.2, 0.25) is 0 Å². The number of esters is 1. The molecule has 0 bridgehead atoms. The van der Waals surface area contributed by atoms with Gasteiger partial charge < -0.3 is 23.9 Å². The number of carbonyl (C=O) groups excluding carboxylic acids is 2. The molecule has 1 aromatic heterocycles. The maximum atomic E-state index is 12.5. The molecule has 2 rings (SSSR count).